The largest absolute Gasteiger partial charge is 0.480 e. The Morgan fingerprint density at radius 1 is 0.774 bits per heavy atom. The van der Waals surface area contributed by atoms with Crippen LogP contribution in [-0.4, -0.2) is 59.3 Å². The summed E-state index contributed by atoms with van der Waals surface area (Å²) in [6, 6.07) is -0.667. The van der Waals surface area contributed by atoms with Gasteiger partial charge in [-0.05, 0) is 13.3 Å². The molecule has 0 saturated heterocycles. The Morgan fingerprint density at radius 2 is 1.23 bits per heavy atom. The van der Waals surface area contributed by atoms with Gasteiger partial charge in [0.15, 0.2) is 0 Å². The highest BCUT2D eigenvalue weighted by molar-refractivity contribution is 5.75. The average molecular weight is 443 g/mol. The monoisotopic (exact) mass is 442 g/mol. The van der Waals surface area contributed by atoms with Crippen molar-refractivity contribution in [2.45, 2.75) is 123 Å². The minimum atomic E-state index is -0.919. The van der Waals surface area contributed by atoms with E-state index in [2.05, 4.69) is 12.2 Å². The first-order chi connectivity index (χ1) is 15.0. The number of aliphatic carboxylic acids is 1. The van der Waals surface area contributed by atoms with Gasteiger partial charge in [-0.2, -0.15) is 0 Å². The molecule has 0 aromatic heterocycles. The lowest BCUT2D eigenvalue weighted by molar-refractivity contribution is -0.142. The Bertz CT molecular complexity index is 432. The van der Waals surface area contributed by atoms with Crippen LogP contribution in [0.4, 0.5) is 0 Å². The predicted octanol–water partition coefficient (Wildman–Crippen LogP) is 5.13. The van der Waals surface area contributed by atoms with Gasteiger partial charge in [-0.1, -0.05) is 96.8 Å². The van der Waals surface area contributed by atoms with E-state index in [-0.39, 0.29) is 12.5 Å². The lowest BCUT2D eigenvalue weighted by Crippen LogP contribution is -2.44. The number of nitrogens with one attached hydrogen (secondary N) is 1. The van der Waals surface area contributed by atoms with E-state index >= 15 is 0 Å². The second kappa shape index (κ2) is 22.1. The lowest BCUT2D eigenvalue weighted by atomic mass is 10.0. The second-order valence-corrected chi connectivity index (χ2v) is 8.82. The highest BCUT2D eigenvalue weighted by Crippen LogP contribution is 2.13. The highest BCUT2D eigenvalue weighted by atomic mass is 16.4. The third kappa shape index (κ3) is 19.3. The van der Waals surface area contributed by atoms with Crippen molar-refractivity contribution in [1.29, 1.82) is 0 Å². The third-order valence-corrected chi connectivity index (χ3v) is 6.02. The Hall–Kier alpha value is -1.14. The molecule has 0 aromatic carbocycles. The molecule has 6 heteroatoms. The first-order valence-electron chi connectivity index (χ1n) is 12.9. The summed E-state index contributed by atoms with van der Waals surface area (Å²) in [5.41, 5.74) is 0. The smallest absolute Gasteiger partial charge is 0.320 e. The van der Waals surface area contributed by atoms with Gasteiger partial charge in [0, 0.05) is 26.1 Å². The van der Waals surface area contributed by atoms with Gasteiger partial charge in [0.2, 0.25) is 5.91 Å². The number of carbonyl (C=O) groups is 2. The van der Waals surface area contributed by atoms with Crippen LogP contribution in [-0.2, 0) is 9.59 Å². The summed E-state index contributed by atoms with van der Waals surface area (Å²) in [4.78, 5) is 24.7. The summed E-state index contributed by atoms with van der Waals surface area (Å²) < 4.78 is 0. The fourth-order valence-electron chi connectivity index (χ4n) is 3.87. The summed E-state index contributed by atoms with van der Waals surface area (Å²) in [5.74, 6) is -0.890. The molecule has 184 valence electrons. The van der Waals surface area contributed by atoms with Gasteiger partial charge in [0.25, 0.3) is 0 Å². The Morgan fingerprint density at radius 3 is 1.65 bits per heavy atom. The van der Waals surface area contributed by atoms with Crippen LogP contribution in [0, 0.1) is 0 Å². The molecule has 0 rings (SSSR count). The minimum absolute atomic E-state index is 0.0293. The highest BCUT2D eigenvalue weighted by Gasteiger charge is 2.19. The summed E-state index contributed by atoms with van der Waals surface area (Å²) in [7, 11) is 0. The molecule has 31 heavy (non-hydrogen) atoms. The fraction of sp³-hybridized carbons (Fsp3) is 0.920. The van der Waals surface area contributed by atoms with E-state index in [1.54, 1.807) is 11.8 Å². The first kappa shape index (κ1) is 29.9. The number of hydrogen-bond donors (Lipinski definition) is 3. The summed E-state index contributed by atoms with van der Waals surface area (Å²) in [6.45, 7) is 4.90. The number of aliphatic hydroxyl groups excluding tert-OH is 1. The van der Waals surface area contributed by atoms with Crippen LogP contribution >= 0.6 is 0 Å². The van der Waals surface area contributed by atoms with Crippen LogP contribution in [0.15, 0.2) is 0 Å². The van der Waals surface area contributed by atoms with Crippen LogP contribution in [0.2, 0.25) is 0 Å². The Balaban J connectivity index is 3.45. The normalized spacial score (nSPS) is 12.3. The number of hydrogen-bond acceptors (Lipinski definition) is 4. The molecule has 0 heterocycles. The minimum Gasteiger partial charge on any atom is -0.480 e. The number of carbonyl (C=O) groups excluding carboxylic acids is 1. The van der Waals surface area contributed by atoms with Crippen molar-refractivity contribution in [2.75, 3.05) is 26.2 Å². The van der Waals surface area contributed by atoms with Gasteiger partial charge in [-0.25, -0.2) is 0 Å². The maximum Gasteiger partial charge on any atom is 0.320 e. The van der Waals surface area contributed by atoms with E-state index in [0.717, 1.165) is 12.8 Å². The molecule has 0 spiro atoms. The van der Waals surface area contributed by atoms with Crippen molar-refractivity contribution in [3.8, 4) is 0 Å². The molecule has 0 fully saturated rings. The fourth-order valence-corrected chi connectivity index (χ4v) is 3.87. The van der Waals surface area contributed by atoms with Crippen LogP contribution < -0.4 is 5.32 Å². The molecule has 0 aromatic rings. The topological polar surface area (TPSA) is 89.9 Å². The molecule has 1 unspecified atom stereocenters. The van der Waals surface area contributed by atoms with E-state index in [1.165, 1.54) is 83.5 Å². The third-order valence-electron chi connectivity index (χ3n) is 6.02. The second-order valence-electron chi connectivity index (χ2n) is 8.82. The van der Waals surface area contributed by atoms with Crippen molar-refractivity contribution in [3.63, 3.8) is 0 Å². The van der Waals surface area contributed by atoms with E-state index in [1.807, 2.05) is 0 Å². The summed E-state index contributed by atoms with van der Waals surface area (Å²) >= 11 is 0. The van der Waals surface area contributed by atoms with Crippen molar-refractivity contribution >= 4 is 11.9 Å². The number of carboxylic acids is 1. The molecule has 6 nitrogen and oxygen atoms in total. The van der Waals surface area contributed by atoms with Gasteiger partial charge >= 0.3 is 5.97 Å². The number of nitrogens with zero attached hydrogens (tertiary/aromatic N) is 1. The van der Waals surface area contributed by atoms with Crippen molar-refractivity contribution < 1.29 is 19.8 Å². The van der Waals surface area contributed by atoms with E-state index in [4.69, 9.17) is 10.2 Å². The molecule has 0 aliphatic heterocycles. The molecular weight excluding hydrogens is 392 g/mol. The maximum atomic E-state index is 11.9. The van der Waals surface area contributed by atoms with Gasteiger partial charge in [-0.3, -0.25) is 14.5 Å². The SMILES string of the molecule is CCCCCCCCCCCCCCCCCC(=O)NCCN(CCO)C(C)C(=O)O. The molecule has 0 aliphatic carbocycles. The van der Waals surface area contributed by atoms with Crippen LogP contribution in [0.3, 0.4) is 0 Å². The molecule has 3 N–H and O–H groups in total. The van der Waals surface area contributed by atoms with Crippen LogP contribution in [0.25, 0.3) is 0 Å². The number of unbranched alkanes of at least 4 members (excludes halogenated alkanes) is 14. The van der Waals surface area contributed by atoms with Gasteiger partial charge in [-0.15, -0.1) is 0 Å². The molecule has 0 aliphatic rings. The molecule has 1 atom stereocenters. The molecule has 0 bridgehead atoms. The van der Waals surface area contributed by atoms with E-state index in [9.17, 15) is 9.59 Å². The molecular formula is C25H50N2O4. The first-order valence-corrected chi connectivity index (χ1v) is 12.9. The van der Waals surface area contributed by atoms with Crippen molar-refractivity contribution in [1.82, 2.24) is 10.2 Å². The van der Waals surface area contributed by atoms with Crippen molar-refractivity contribution in [3.05, 3.63) is 0 Å². The number of rotatable bonds is 23. The predicted molar refractivity (Wildman–Crippen MR) is 128 cm³/mol. The van der Waals surface area contributed by atoms with Crippen LogP contribution in [0.1, 0.15) is 117 Å². The molecule has 0 radical (unpaired) electrons. The molecule has 1 amide bonds. The van der Waals surface area contributed by atoms with E-state index < -0.39 is 12.0 Å². The van der Waals surface area contributed by atoms with Gasteiger partial charge in [0.05, 0.1) is 6.61 Å². The zero-order valence-electron chi connectivity index (χ0n) is 20.4. The standard InChI is InChI=1S/C25H50N2O4/c1-3-4-5-6-7-8-9-10-11-12-13-14-15-16-17-18-24(29)26-19-20-27(21-22-28)23(2)25(30)31/h23,28H,3-22H2,1-2H3,(H,26,29)(H,30,31). The average Bonchev–Trinajstić information content (AvgIpc) is 2.75. The summed E-state index contributed by atoms with van der Waals surface area (Å²) in [5, 5.41) is 21.0. The molecule has 0 saturated carbocycles. The van der Waals surface area contributed by atoms with E-state index in [0.29, 0.717) is 26.1 Å². The zero-order chi connectivity index (χ0) is 23.2. The summed E-state index contributed by atoms with van der Waals surface area (Å²) in [6.07, 6.45) is 20.2. The Labute approximate surface area is 191 Å². The Kier molecular flexibility index (Phi) is 21.3. The van der Waals surface area contributed by atoms with Crippen molar-refractivity contribution in [2.24, 2.45) is 0 Å². The quantitative estimate of drug-likeness (QED) is 0.191. The van der Waals surface area contributed by atoms with Gasteiger partial charge < -0.3 is 15.5 Å². The lowest BCUT2D eigenvalue weighted by Gasteiger charge is -2.25. The van der Waals surface area contributed by atoms with Crippen LogP contribution in [0.5, 0.6) is 0 Å². The number of aliphatic hydroxyl groups is 1. The van der Waals surface area contributed by atoms with Gasteiger partial charge in [0.1, 0.15) is 6.04 Å². The zero-order valence-corrected chi connectivity index (χ0v) is 20.4. The maximum absolute atomic E-state index is 11.9. The number of amides is 1. The number of carboxylic acid groups (broad SMARTS) is 1.